The molecular formula is C19H18ClN3. The minimum atomic E-state index is 0.760. The van der Waals surface area contributed by atoms with E-state index in [1.54, 1.807) is 0 Å². The molecule has 1 aromatic heterocycles. The summed E-state index contributed by atoms with van der Waals surface area (Å²) in [5, 5.41) is 9.16. The first kappa shape index (κ1) is 14.5. The molecular weight excluding hydrogens is 306 g/mol. The summed E-state index contributed by atoms with van der Waals surface area (Å²) in [6.45, 7) is 2.65. The molecule has 0 amide bonds. The largest absolute Gasteiger partial charge is 0.312 e. The third-order valence-corrected chi connectivity index (χ3v) is 4.51. The third kappa shape index (κ3) is 2.90. The molecule has 2 aromatic carbocycles. The predicted molar refractivity (Wildman–Crippen MR) is 93.6 cm³/mol. The van der Waals surface area contributed by atoms with Crippen LogP contribution < -0.4 is 5.32 Å². The summed E-state index contributed by atoms with van der Waals surface area (Å²) >= 11 is 6.12. The summed E-state index contributed by atoms with van der Waals surface area (Å²) in [7, 11) is 0. The van der Waals surface area contributed by atoms with E-state index in [1.807, 2.05) is 24.3 Å². The Morgan fingerprint density at radius 2 is 1.96 bits per heavy atom. The number of benzene rings is 2. The van der Waals surface area contributed by atoms with Crippen molar-refractivity contribution in [1.82, 2.24) is 15.1 Å². The van der Waals surface area contributed by atoms with Crippen LogP contribution in [0.5, 0.6) is 0 Å². The first-order valence-corrected chi connectivity index (χ1v) is 8.28. The van der Waals surface area contributed by atoms with Gasteiger partial charge in [-0.25, -0.2) is 0 Å². The van der Waals surface area contributed by atoms with Gasteiger partial charge in [-0.05, 0) is 17.7 Å². The van der Waals surface area contributed by atoms with Gasteiger partial charge < -0.3 is 5.32 Å². The van der Waals surface area contributed by atoms with E-state index in [0.29, 0.717) is 0 Å². The quantitative estimate of drug-likeness (QED) is 0.792. The lowest BCUT2D eigenvalue weighted by molar-refractivity contribution is 0.582. The second-order valence-corrected chi connectivity index (χ2v) is 6.29. The standard InChI is InChI=1S/C19H18ClN3/c20-16-8-4-5-14(11-16)13-23-18-9-10-21-12-17(18)19(22-23)15-6-2-1-3-7-15/h1-8,11,21H,9-10,12-13H2. The Balaban J connectivity index is 1.77. The van der Waals surface area contributed by atoms with E-state index in [0.717, 1.165) is 36.8 Å². The zero-order valence-electron chi connectivity index (χ0n) is 12.8. The van der Waals surface area contributed by atoms with Crippen LogP contribution in [0.25, 0.3) is 11.3 Å². The zero-order valence-corrected chi connectivity index (χ0v) is 13.6. The zero-order chi connectivity index (χ0) is 15.6. The van der Waals surface area contributed by atoms with Gasteiger partial charge in [-0.15, -0.1) is 0 Å². The number of hydrogen-bond donors (Lipinski definition) is 1. The highest BCUT2D eigenvalue weighted by Gasteiger charge is 2.21. The van der Waals surface area contributed by atoms with E-state index in [9.17, 15) is 0 Å². The van der Waals surface area contributed by atoms with Crippen molar-refractivity contribution in [2.45, 2.75) is 19.5 Å². The second-order valence-electron chi connectivity index (χ2n) is 5.85. The minimum absolute atomic E-state index is 0.760. The van der Waals surface area contributed by atoms with Crippen LogP contribution in [0, 0.1) is 0 Å². The minimum Gasteiger partial charge on any atom is -0.312 e. The smallest absolute Gasteiger partial charge is 0.0971 e. The lowest BCUT2D eigenvalue weighted by Gasteiger charge is -2.16. The van der Waals surface area contributed by atoms with Gasteiger partial charge in [-0.2, -0.15) is 5.10 Å². The van der Waals surface area contributed by atoms with E-state index in [2.05, 4.69) is 40.3 Å². The van der Waals surface area contributed by atoms with Crippen LogP contribution in [0.1, 0.15) is 16.8 Å². The molecule has 0 atom stereocenters. The van der Waals surface area contributed by atoms with Crippen molar-refractivity contribution < 1.29 is 0 Å². The summed E-state index contributed by atoms with van der Waals surface area (Å²) in [5.74, 6) is 0. The van der Waals surface area contributed by atoms with Crippen molar-refractivity contribution in [3.05, 3.63) is 76.4 Å². The molecule has 0 bridgehead atoms. The van der Waals surface area contributed by atoms with Crippen LogP contribution in [0.3, 0.4) is 0 Å². The molecule has 4 heteroatoms. The summed E-state index contributed by atoms with van der Waals surface area (Å²) in [6, 6.07) is 18.4. The van der Waals surface area contributed by atoms with Crippen LogP contribution in [0.2, 0.25) is 5.02 Å². The number of rotatable bonds is 3. The average Bonchev–Trinajstić information content (AvgIpc) is 2.95. The summed E-state index contributed by atoms with van der Waals surface area (Å²) in [5.41, 5.74) is 6.11. The molecule has 1 aliphatic rings. The van der Waals surface area contributed by atoms with Gasteiger partial charge in [0, 0.05) is 41.4 Å². The van der Waals surface area contributed by atoms with Gasteiger partial charge in [0.25, 0.3) is 0 Å². The number of nitrogens with zero attached hydrogens (tertiary/aromatic N) is 2. The third-order valence-electron chi connectivity index (χ3n) is 4.28. The van der Waals surface area contributed by atoms with Gasteiger partial charge in [-0.3, -0.25) is 4.68 Å². The fourth-order valence-electron chi connectivity index (χ4n) is 3.19. The fraction of sp³-hybridized carbons (Fsp3) is 0.211. The van der Waals surface area contributed by atoms with E-state index >= 15 is 0 Å². The Hall–Kier alpha value is -2.10. The molecule has 1 aliphatic heterocycles. The van der Waals surface area contributed by atoms with Crippen molar-refractivity contribution in [2.24, 2.45) is 0 Å². The predicted octanol–water partition coefficient (Wildman–Crippen LogP) is 3.90. The molecule has 0 aliphatic carbocycles. The monoisotopic (exact) mass is 323 g/mol. The van der Waals surface area contributed by atoms with Crippen LogP contribution in [0.4, 0.5) is 0 Å². The maximum Gasteiger partial charge on any atom is 0.0971 e. The fourth-order valence-corrected chi connectivity index (χ4v) is 3.40. The highest BCUT2D eigenvalue weighted by Crippen LogP contribution is 2.28. The Morgan fingerprint density at radius 3 is 2.78 bits per heavy atom. The highest BCUT2D eigenvalue weighted by molar-refractivity contribution is 6.30. The molecule has 3 aromatic rings. The first-order valence-electron chi connectivity index (χ1n) is 7.90. The lowest BCUT2D eigenvalue weighted by atomic mass is 10.0. The molecule has 0 radical (unpaired) electrons. The Morgan fingerprint density at radius 1 is 1.09 bits per heavy atom. The molecule has 23 heavy (non-hydrogen) atoms. The van der Waals surface area contributed by atoms with E-state index in [1.165, 1.54) is 22.4 Å². The molecule has 116 valence electrons. The first-order chi connectivity index (χ1) is 11.3. The summed E-state index contributed by atoms with van der Waals surface area (Å²) in [6.07, 6.45) is 1.01. The Bertz CT molecular complexity index is 824. The van der Waals surface area contributed by atoms with Crippen molar-refractivity contribution in [3.8, 4) is 11.3 Å². The molecule has 3 nitrogen and oxygen atoms in total. The lowest BCUT2D eigenvalue weighted by Crippen LogP contribution is -2.25. The molecule has 0 fully saturated rings. The van der Waals surface area contributed by atoms with E-state index in [4.69, 9.17) is 16.7 Å². The average molecular weight is 324 g/mol. The van der Waals surface area contributed by atoms with Crippen molar-refractivity contribution in [1.29, 1.82) is 0 Å². The normalized spacial score (nSPS) is 13.8. The van der Waals surface area contributed by atoms with Crippen LogP contribution in [-0.4, -0.2) is 16.3 Å². The number of hydrogen-bond acceptors (Lipinski definition) is 2. The van der Waals surface area contributed by atoms with Gasteiger partial charge in [0.1, 0.15) is 0 Å². The van der Waals surface area contributed by atoms with Gasteiger partial charge >= 0.3 is 0 Å². The van der Waals surface area contributed by atoms with Crippen LogP contribution >= 0.6 is 11.6 Å². The molecule has 0 spiro atoms. The van der Waals surface area contributed by atoms with Gasteiger partial charge in [0.2, 0.25) is 0 Å². The molecule has 2 heterocycles. The van der Waals surface area contributed by atoms with Gasteiger partial charge in [-0.1, -0.05) is 54.1 Å². The Kier molecular flexibility index (Phi) is 3.90. The number of aromatic nitrogens is 2. The number of fused-ring (bicyclic) bond motifs is 1. The van der Waals surface area contributed by atoms with Crippen molar-refractivity contribution in [2.75, 3.05) is 6.54 Å². The van der Waals surface area contributed by atoms with Gasteiger partial charge in [0.15, 0.2) is 0 Å². The van der Waals surface area contributed by atoms with E-state index < -0.39 is 0 Å². The maximum atomic E-state index is 6.12. The van der Waals surface area contributed by atoms with Gasteiger partial charge in [0.05, 0.1) is 12.2 Å². The molecule has 0 saturated heterocycles. The molecule has 4 rings (SSSR count). The second kappa shape index (κ2) is 6.19. The van der Waals surface area contributed by atoms with E-state index in [-0.39, 0.29) is 0 Å². The Labute approximate surface area is 140 Å². The molecule has 0 saturated carbocycles. The number of nitrogens with one attached hydrogen (secondary N) is 1. The highest BCUT2D eigenvalue weighted by atomic mass is 35.5. The maximum absolute atomic E-state index is 6.12. The SMILES string of the molecule is Clc1cccc(Cn2nc(-c3ccccc3)c3c2CCNC3)c1. The molecule has 1 N–H and O–H groups in total. The van der Waals surface area contributed by atoms with Crippen molar-refractivity contribution >= 4 is 11.6 Å². The summed E-state index contributed by atoms with van der Waals surface area (Å²) in [4.78, 5) is 0. The molecule has 0 unspecified atom stereocenters. The topological polar surface area (TPSA) is 29.9 Å². The summed E-state index contributed by atoms with van der Waals surface area (Å²) < 4.78 is 2.14. The number of halogens is 1. The van der Waals surface area contributed by atoms with Crippen molar-refractivity contribution in [3.63, 3.8) is 0 Å². The van der Waals surface area contributed by atoms with Crippen LogP contribution in [0.15, 0.2) is 54.6 Å². The van der Waals surface area contributed by atoms with Crippen LogP contribution in [-0.2, 0) is 19.5 Å².